The van der Waals surface area contributed by atoms with Crippen molar-refractivity contribution in [2.24, 2.45) is 0 Å². The van der Waals surface area contributed by atoms with Crippen LogP contribution >= 0.6 is 67.8 Å². The van der Waals surface area contributed by atoms with E-state index in [9.17, 15) is 32.3 Å². The van der Waals surface area contributed by atoms with Gasteiger partial charge in [-0.15, -0.1) is 0 Å². The molecule has 0 radical (unpaired) electrons. The summed E-state index contributed by atoms with van der Waals surface area (Å²) in [5.74, 6) is -12.3. The fraction of sp³-hybridized carbons (Fsp3) is 0.0667. The fourth-order valence-electron chi connectivity index (χ4n) is 2.08. The number of Topliss-reactive ketones (excluding diaryl/α,β-unsaturated/α-hetero) is 1. The van der Waals surface area contributed by atoms with Gasteiger partial charge >= 0.3 is 0 Å². The summed E-state index contributed by atoms with van der Waals surface area (Å²) in [6.45, 7) is 0. The van der Waals surface area contributed by atoms with Crippen LogP contribution in [-0.4, -0.2) is 11.8 Å². The number of carboxylic acid groups (broad SMARTS) is 1. The summed E-state index contributed by atoms with van der Waals surface area (Å²) in [6.07, 6.45) is -0.519. The molecule has 0 aromatic heterocycles. The molecule has 2 aromatic rings. The highest BCUT2D eigenvalue weighted by atomic mass is 127. The van der Waals surface area contributed by atoms with Gasteiger partial charge < -0.3 is 9.90 Å². The van der Waals surface area contributed by atoms with Crippen LogP contribution in [0.4, 0.5) is 17.6 Å². The van der Waals surface area contributed by atoms with E-state index in [1.165, 1.54) is 0 Å². The van der Waals surface area contributed by atoms with Crippen LogP contribution in [0.3, 0.4) is 0 Å². The highest BCUT2D eigenvalue weighted by Crippen LogP contribution is 2.28. The van der Waals surface area contributed by atoms with E-state index in [2.05, 4.69) is 0 Å². The number of hydrogen-bond donors (Lipinski definition) is 0. The summed E-state index contributed by atoms with van der Waals surface area (Å²) in [4.78, 5) is 23.4. The first-order chi connectivity index (χ1) is 11.6. The van der Waals surface area contributed by atoms with E-state index >= 15 is 0 Å². The molecule has 0 saturated heterocycles. The number of carbonyl (C=O) groups is 2. The quantitative estimate of drug-likeness (QED) is 0.161. The largest absolute Gasteiger partial charge is 0.545 e. The Morgan fingerprint density at radius 2 is 1.28 bits per heavy atom. The van der Waals surface area contributed by atoms with Gasteiger partial charge in [-0.1, -0.05) is 0 Å². The van der Waals surface area contributed by atoms with Crippen LogP contribution in [-0.2, 0) is 6.42 Å². The molecule has 3 nitrogen and oxygen atoms in total. The first kappa shape index (κ1) is 20.8. The first-order valence-electron chi connectivity index (χ1n) is 6.30. The zero-order chi connectivity index (χ0) is 19.0. The van der Waals surface area contributed by atoms with Crippen molar-refractivity contribution < 1.29 is 32.3 Å². The summed E-state index contributed by atoms with van der Waals surface area (Å²) in [5, 5.41) is 11.0. The van der Waals surface area contributed by atoms with Gasteiger partial charge in [0.25, 0.3) is 0 Å². The van der Waals surface area contributed by atoms with Gasteiger partial charge in [0, 0.05) is 17.1 Å². The zero-order valence-electron chi connectivity index (χ0n) is 11.7. The lowest BCUT2D eigenvalue weighted by Gasteiger charge is -2.14. The zero-order valence-corrected chi connectivity index (χ0v) is 18.2. The second-order valence-corrected chi connectivity index (χ2v) is 8.31. The minimum Gasteiger partial charge on any atom is -0.545 e. The molecule has 0 saturated carbocycles. The van der Waals surface area contributed by atoms with Gasteiger partial charge in [0.1, 0.15) is 0 Å². The summed E-state index contributed by atoms with van der Waals surface area (Å²) >= 11 is 5.89. The average molecular weight is 689 g/mol. The lowest BCUT2D eigenvalue weighted by atomic mass is 9.97. The molecule has 0 unspecified atom stereocenters. The molecule has 0 aliphatic heterocycles. The molecule has 2 rings (SSSR count). The monoisotopic (exact) mass is 689 g/mol. The molecule has 0 heterocycles. The van der Waals surface area contributed by atoms with Crippen LogP contribution in [0, 0.1) is 34.0 Å². The van der Waals surface area contributed by atoms with Crippen molar-refractivity contribution in [3.63, 3.8) is 0 Å². The van der Waals surface area contributed by atoms with E-state index in [0.717, 1.165) is 3.57 Å². The van der Waals surface area contributed by atoms with Gasteiger partial charge in [0.2, 0.25) is 0 Å². The first-order valence-corrected chi connectivity index (χ1v) is 9.53. The summed E-state index contributed by atoms with van der Waals surface area (Å²) in [6, 6.07) is 3.43. The molecule has 0 aliphatic carbocycles. The predicted octanol–water partition coefficient (Wildman–Crippen LogP) is 3.85. The smallest absolute Gasteiger partial charge is 0.198 e. The van der Waals surface area contributed by atoms with Crippen LogP contribution in [0.5, 0.6) is 0 Å². The molecule has 0 aliphatic rings. The third-order valence-corrected chi connectivity index (χ3v) is 5.74. The molecule has 0 N–H and O–H groups in total. The number of halogens is 7. The summed E-state index contributed by atoms with van der Waals surface area (Å²) < 4.78 is 56.5. The van der Waals surface area contributed by atoms with Crippen molar-refractivity contribution in [3.05, 3.63) is 62.8 Å². The Hall–Kier alpha value is -0.510. The molecule has 0 fully saturated rings. The summed E-state index contributed by atoms with van der Waals surface area (Å²) in [5.41, 5.74) is -2.57. The predicted molar refractivity (Wildman–Crippen MR) is 103 cm³/mol. The van der Waals surface area contributed by atoms with Gasteiger partial charge in [-0.05, 0) is 85.5 Å². The van der Waals surface area contributed by atoms with E-state index < -0.39 is 52.6 Å². The number of carboxylic acids is 1. The Kier molecular flexibility index (Phi) is 6.67. The molecule has 0 atom stereocenters. The maximum absolute atomic E-state index is 14.0. The number of hydrogen-bond acceptors (Lipinski definition) is 3. The molecule has 2 aromatic carbocycles. The van der Waals surface area contributed by atoms with Crippen molar-refractivity contribution in [2.75, 3.05) is 0 Å². The molecular formula is C15H4F4I3O3-. The van der Waals surface area contributed by atoms with Crippen LogP contribution in [0.1, 0.15) is 26.3 Å². The maximum Gasteiger partial charge on any atom is 0.198 e. The van der Waals surface area contributed by atoms with E-state index in [4.69, 9.17) is 0 Å². The maximum atomic E-state index is 14.0. The number of carbonyl (C=O) groups excluding carboxylic acids is 2. The van der Waals surface area contributed by atoms with Crippen LogP contribution in [0.25, 0.3) is 0 Å². The van der Waals surface area contributed by atoms with E-state index in [1.54, 1.807) is 12.1 Å². The third kappa shape index (κ3) is 4.09. The van der Waals surface area contributed by atoms with Gasteiger partial charge in [0.05, 0.1) is 17.1 Å². The highest BCUT2D eigenvalue weighted by molar-refractivity contribution is 14.1. The molecule has 0 amide bonds. The Balaban J connectivity index is 2.63. The number of ketones is 1. The Morgan fingerprint density at radius 1 is 0.840 bits per heavy atom. The number of aromatic carboxylic acids is 1. The van der Waals surface area contributed by atoms with Crippen LogP contribution < -0.4 is 5.11 Å². The van der Waals surface area contributed by atoms with E-state index in [1.807, 2.05) is 67.8 Å². The SMILES string of the molecule is O=C([O-])c1c(F)c(F)c(F)c(F)c1C(=O)Cc1c(I)cc(I)cc1I. The van der Waals surface area contributed by atoms with Crippen molar-refractivity contribution in [1.29, 1.82) is 0 Å². The van der Waals surface area contributed by atoms with Gasteiger partial charge in [-0.25, -0.2) is 17.6 Å². The summed E-state index contributed by atoms with van der Waals surface area (Å²) in [7, 11) is 0. The minimum absolute atomic E-state index is 0.431. The Bertz CT molecular complexity index is 893. The van der Waals surface area contributed by atoms with Crippen molar-refractivity contribution in [1.82, 2.24) is 0 Å². The van der Waals surface area contributed by atoms with Crippen LogP contribution in [0.15, 0.2) is 12.1 Å². The van der Waals surface area contributed by atoms with Gasteiger partial charge in [-0.3, -0.25) is 4.79 Å². The van der Waals surface area contributed by atoms with E-state index in [-0.39, 0.29) is 0 Å². The normalized spacial score (nSPS) is 10.8. The second-order valence-electron chi connectivity index (χ2n) is 4.74. The highest BCUT2D eigenvalue weighted by Gasteiger charge is 2.30. The molecule has 0 spiro atoms. The average Bonchev–Trinajstić information content (AvgIpc) is 2.51. The molecular weight excluding hydrogens is 685 g/mol. The van der Waals surface area contributed by atoms with Gasteiger partial charge in [0.15, 0.2) is 29.1 Å². The van der Waals surface area contributed by atoms with Crippen molar-refractivity contribution >= 4 is 79.5 Å². The second kappa shape index (κ2) is 8.02. The topological polar surface area (TPSA) is 57.2 Å². The molecule has 10 heteroatoms. The molecule has 132 valence electrons. The lowest BCUT2D eigenvalue weighted by molar-refractivity contribution is -0.255. The van der Waals surface area contributed by atoms with Crippen molar-refractivity contribution in [3.8, 4) is 0 Å². The van der Waals surface area contributed by atoms with Gasteiger partial charge in [-0.2, -0.15) is 0 Å². The Labute approximate surface area is 179 Å². The van der Waals surface area contributed by atoms with E-state index in [0.29, 0.717) is 12.7 Å². The van der Waals surface area contributed by atoms with Crippen LogP contribution in [0.2, 0.25) is 0 Å². The van der Waals surface area contributed by atoms with Crippen molar-refractivity contribution in [2.45, 2.75) is 6.42 Å². The lowest BCUT2D eigenvalue weighted by Crippen LogP contribution is -2.29. The molecule has 0 bridgehead atoms. The Morgan fingerprint density at radius 3 is 1.72 bits per heavy atom. The fourth-order valence-corrected chi connectivity index (χ4v) is 6.04. The number of rotatable bonds is 4. The third-order valence-electron chi connectivity index (χ3n) is 3.19. The minimum atomic E-state index is -2.31. The molecule has 25 heavy (non-hydrogen) atoms. The number of benzene rings is 2. The standard InChI is InChI=1S/C15H5F4I3O3/c16-11-9(10(15(24)25)12(17)14(19)13(11)18)8(23)3-5-6(21)1-4(20)2-7(5)22/h1-2H,3H2,(H,24,25)/p-1.